The number of aliphatic hydroxyl groups excluding tert-OH is 1. The summed E-state index contributed by atoms with van der Waals surface area (Å²) in [4.78, 5) is 26.9. The van der Waals surface area contributed by atoms with Gasteiger partial charge in [0.05, 0.1) is 29.9 Å². The van der Waals surface area contributed by atoms with Crippen molar-refractivity contribution in [3.05, 3.63) is 101 Å². The van der Waals surface area contributed by atoms with Gasteiger partial charge in [0.1, 0.15) is 23.1 Å². The van der Waals surface area contributed by atoms with Crippen LogP contribution in [0.4, 0.5) is 27.6 Å². The molecule has 180 valence electrons. The van der Waals surface area contributed by atoms with Crippen LogP contribution in [0.2, 0.25) is 0 Å². The number of halogens is 5. The molecule has 1 atom stereocenters. The Morgan fingerprint density at radius 3 is 2.23 bits per heavy atom. The maximum absolute atomic E-state index is 14.0. The van der Waals surface area contributed by atoms with E-state index in [0.29, 0.717) is 6.07 Å². The first-order valence-electron chi connectivity index (χ1n) is 10.1. The third kappa shape index (κ3) is 4.34. The smallest absolute Gasteiger partial charge is 0.416 e. The fourth-order valence-corrected chi connectivity index (χ4v) is 3.90. The highest BCUT2D eigenvalue weighted by atomic mass is 19.4. The molecule has 0 bridgehead atoms. The highest BCUT2D eigenvalue weighted by Gasteiger charge is 2.47. The number of Topliss-reactive ketones (excluding diaryl/α,β-unsaturated/α-hetero) is 1. The summed E-state index contributed by atoms with van der Waals surface area (Å²) in [5.74, 6) is -4.69. The molecule has 3 aromatic rings. The first-order chi connectivity index (χ1) is 16.5. The van der Waals surface area contributed by atoms with Gasteiger partial charge in [-0.2, -0.15) is 13.2 Å². The van der Waals surface area contributed by atoms with Gasteiger partial charge in [0, 0.05) is 5.69 Å². The second-order valence-corrected chi connectivity index (χ2v) is 7.61. The molecular formula is C25H16F5NO4. The molecule has 1 heterocycles. The predicted molar refractivity (Wildman–Crippen MR) is 116 cm³/mol. The number of aliphatic hydroxyl groups is 1. The normalized spacial score (nSPS) is 17.7. The van der Waals surface area contributed by atoms with Crippen LogP contribution in [0.25, 0.3) is 5.76 Å². The van der Waals surface area contributed by atoms with Crippen molar-refractivity contribution in [1.29, 1.82) is 0 Å². The van der Waals surface area contributed by atoms with E-state index < -0.39 is 52.4 Å². The summed E-state index contributed by atoms with van der Waals surface area (Å²) in [6, 6.07) is 9.94. The average Bonchev–Trinajstić information content (AvgIpc) is 3.09. The molecule has 1 saturated heterocycles. The van der Waals surface area contributed by atoms with Gasteiger partial charge in [-0.1, -0.05) is 18.2 Å². The first-order valence-corrected chi connectivity index (χ1v) is 10.1. The lowest BCUT2D eigenvalue weighted by Crippen LogP contribution is -2.29. The van der Waals surface area contributed by atoms with E-state index >= 15 is 0 Å². The number of alkyl halides is 3. The molecule has 1 aliphatic heterocycles. The number of ketones is 1. The fraction of sp³-hybridized carbons (Fsp3) is 0.120. The molecule has 1 N–H and O–H groups in total. The topological polar surface area (TPSA) is 66.8 Å². The standard InChI is InChI=1S/C25H16F5NO4/c1-35-19-10-9-16(27)12-18(19)22(32)20-21(13-5-7-15(26)8-6-13)31(24(34)23(20)33)17-4-2-3-14(11-17)25(28,29)30/h2-12,21,32H,1H3/b22-20+. The maximum Gasteiger partial charge on any atom is 0.416 e. The minimum atomic E-state index is -4.73. The van der Waals surface area contributed by atoms with Gasteiger partial charge in [-0.05, 0) is 54.1 Å². The number of rotatable bonds is 4. The summed E-state index contributed by atoms with van der Waals surface area (Å²) in [7, 11) is 1.24. The van der Waals surface area contributed by atoms with Gasteiger partial charge in [-0.25, -0.2) is 8.78 Å². The van der Waals surface area contributed by atoms with Crippen molar-refractivity contribution in [2.24, 2.45) is 0 Å². The zero-order chi connectivity index (χ0) is 25.5. The van der Waals surface area contributed by atoms with Gasteiger partial charge in [0.2, 0.25) is 0 Å². The zero-order valence-corrected chi connectivity index (χ0v) is 17.9. The van der Waals surface area contributed by atoms with Gasteiger partial charge in [0.15, 0.2) is 0 Å². The lowest BCUT2D eigenvalue weighted by Gasteiger charge is -2.26. The monoisotopic (exact) mass is 489 g/mol. The number of carbonyl (C=O) groups is 2. The summed E-state index contributed by atoms with van der Waals surface area (Å²) >= 11 is 0. The molecule has 3 aromatic carbocycles. The highest BCUT2D eigenvalue weighted by Crippen LogP contribution is 2.44. The SMILES string of the molecule is COc1ccc(F)cc1/C(O)=C1\C(=O)C(=O)N(c2cccc(C(F)(F)F)c2)C1c1ccc(F)cc1. The Morgan fingerprint density at radius 1 is 0.943 bits per heavy atom. The quantitative estimate of drug-likeness (QED) is 0.224. The molecular weight excluding hydrogens is 473 g/mol. The molecule has 0 aromatic heterocycles. The number of ether oxygens (including phenoxy) is 1. The Kier molecular flexibility index (Phi) is 6.06. The van der Waals surface area contributed by atoms with E-state index in [-0.39, 0.29) is 22.6 Å². The number of hydrogen-bond acceptors (Lipinski definition) is 4. The van der Waals surface area contributed by atoms with E-state index in [2.05, 4.69) is 0 Å². The van der Waals surface area contributed by atoms with E-state index in [1.54, 1.807) is 0 Å². The van der Waals surface area contributed by atoms with Crippen LogP contribution in [0.15, 0.2) is 72.3 Å². The minimum absolute atomic E-state index is 0.0213. The first kappa shape index (κ1) is 23.9. The number of hydrogen-bond donors (Lipinski definition) is 1. The summed E-state index contributed by atoms with van der Waals surface area (Å²) in [6.45, 7) is 0. The minimum Gasteiger partial charge on any atom is -0.507 e. The number of methoxy groups -OCH3 is 1. The fourth-order valence-electron chi connectivity index (χ4n) is 3.90. The molecule has 1 unspecified atom stereocenters. The van der Waals surface area contributed by atoms with E-state index in [1.165, 1.54) is 31.4 Å². The third-order valence-electron chi connectivity index (χ3n) is 5.50. The molecule has 5 nitrogen and oxygen atoms in total. The maximum atomic E-state index is 14.0. The molecule has 0 radical (unpaired) electrons. The Balaban J connectivity index is 1.98. The van der Waals surface area contributed by atoms with Crippen LogP contribution in [0.5, 0.6) is 5.75 Å². The molecule has 1 fully saturated rings. The molecule has 0 saturated carbocycles. The molecule has 10 heteroatoms. The van der Waals surface area contributed by atoms with Crippen LogP contribution in [-0.2, 0) is 15.8 Å². The summed E-state index contributed by atoms with van der Waals surface area (Å²) in [5, 5.41) is 11.1. The van der Waals surface area contributed by atoms with Crippen LogP contribution in [-0.4, -0.2) is 23.9 Å². The van der Waals surface area contributed by atoms with Gasteiger partial charge >= 0.3 is 6.18 Å². The van der Waals surface area contributed by atoms with Crippen LogP contribution >= 0.6 is 0 Å². The van der Waals surface area contributed by atoms with Gasteiger partial charge in [-0.3, -0.25) is 14.5 Å². The largest absolute Gasteiger partial charge is 0.507 e. The van der Waals surface area contributed by atoms with Crippen molar-refractivity contribution in [3.8, 4) is 5.75 Å². The molecule has 0 spiro atoms. The molecule has 4 rings (SSSR count). The van der Waals surface area contributed by atoms with Crippen molar-refractivity contribution in [2.75, 3.05) is 12.0 Å². The summed E-state index contributed by atoms with van der Waals surface area (Å²) in [6.07, 6.45) is -4.73. The summed E-state index contributed by atoms with van der Waals surface area (Å²) in [5.41, 5.74) is -1.99. The Hall–Kier alpha value is -4.21. The lowest BCUT2D eigenvalue weighted by molar-refractivity contribution is -0.137. The summed E-state index contributed by atoms with van der Waals surface area (Å²) < 4.78 is 72.7. The predicted octanol–water partition coefficient (Wildman–Crippen LogP) is 5.62. The van der Waals surface area contributed by atoms with Crippen molar-refractivity contribution in [2.45, 2.75) is 12.2 Å². The lowest BCUT2D eigenvalue weighted by atomic mass is 9.94. The van der Waals surface area contributed by atoms with Crippen molar-refractivity contribution in [3.63, 3.8) is 0 Å². The van der Waals surface area contributed by atoms with Gasteiger partial charge in [0.25, 0.3) is 11.7 Å². The van der Waals surface area contributed by atoms with Crippen LogP contribution < -0.4 is 9.64 Å². The third-order valence-corrected chi connectivity index (χ3v) is 5.50. The number of benzene rings is 3. The van der Waals surface area contributed by atoms with Crippen molar-refractivity contribution in [1.82, 2.24) is 0 Å². The van der Waals surface area contributed by atoms with E-state index in [1.807, 2.05) is 0 Å². The van der Waals surface area contributed by atoms with Gasteiger partial charge < -0.3 is 9.84 Å². The second kappa shape index (κ2) is 8.86. The van der Waals surface area contributed by atoms with Gasteiger partial charge in [-0.15, -0.1) is 0 Å². The van der Waals surface area contributed by atoms with E-state index in [9.17, 15) is 36.6 Å². The number of nitrogens with zero attached hydrogens (tertiary/aromatic N) is 1. The number of carbonyl (C=O) groups excluding carboxylic acids is 2. The Bertz CT molecular complexity index is 1350. The van der Waals surface area contributed by atoms with Crippen LogP contribution in [0.3, 0.4) is 0 Å². The van der Waals surface area contributed by atoms with Crippen LogP contribution in [0.1, 0.15) is 22.7 Å². The van der Waals surface area contributed by atoms with Crippen molar-refractivity contribution < 1.29 is 41.4 Å². The zero-order valence-electron chi connectivity index (χ0n) is 17.9. The van der Waals surface area contributed by atoms with E-state index in [4.69, 9.17) is 4.74 Å². The highest BCUT2D eigenvalue weighted by molar-refractivity contribution is 6.51. The average molecular weight is 489 g/mol. The van der Waals surface area contributed by atoms with Crippen LogP contribution in [0, 0.1) is 11.6 Å². The molecule has 35 heavy (non-hydrogen) atoms. The number of amides is 1. The van der Waals surface area contributed by atoms with E-state index in [0.717, 1.165) is 41.3 Å². The second-order valence-electron chi connectivity index (χ2n) is 7.61. The molecule has 1 aliphatic rings. The molecule has 0 aliphatic carbocycles. The van der Waals surface area contributed by atoms with Crippen molar-refractivity contribution >= 4 is 23.1 Å². The number of anilines is 1. The Morgan fingerprint density at radius 2 is 1.60 bits per heavy atom. The molecule has 1 amide bonds. The Labute approximate surface area is 195 Å².